The third kappa shape index (κ3) is 2.29. The summed E-state index contributed by atoms with van der Waals surface area (Å²) in [5, 5.41) is 14.3. The van der Waals surface area contributed by atoms with Gasteiger partial charge in [0.05, 0.1) is 11.3 Å². The first-order valence-electron chi connectivity index (χ1n) is 3.74. The Hall–Kier alpha value is -1.36. The van der Waals surface area contributed by atoms with Crippen LogP contribution in [0.15, 0.2) is 10.8 Å². The van der Waals surface area contributed by atoms with Gasteiger partial charge in [-0.25, -0.2) is 4.79 Å². The van der Waals surface area contributed by atoms with E-state index in [1.807, 2.05) is 0 Å². The highest BCUT2D eigenvalue weighted by atomic mass is 32.1. The van der Waals surface area contributed by atoms with Crippen LogP contribution in [0.2, 0.25) is 0 Å². The smallest absolute Gasteiger partial charge is 0.338 e. The summed E-state index contributed by atoms with van der Waals surface area (Å²) in [5.74, 6) is -1.20. The zero-order valence-corrected chi connectivity index (χ0v) is 7.85. The van der Waals surface area contributed by atoms with E-state index >= 15 is 0 Å². The molecule has 0 fully saturated rings. The van der Waals surface area contributed by atoms with E-state index < -0.39 is 5.97 Å². The van der Waals surface area contributed by atoms with E-state index in [-0.39, 0.29) is 11.5 Å². The van der Waals surface area contributed by atoms with Gasteiger partial charge in [0.25, 0.3) is 0 Å². The van der Waals surface area contributed by atoms with Crippen LogP contribution in [0, 0.1) is 0 Å². The number of thiophene rings is 1. The summed E-state index contributed by atoms with van der Waals surface area (Å²) in [5.41, 5.74) is 0.524. The van der Waals surface area contributed by atoms with Crippen LogP contribution in [-0.2, 0) is 4.79 Å². The van der Waals surface area contributed by atoms with Crippen LogP contribution in [0.1, 0.15) is 23.7 Å². The monoisotopic (exact) mass is 199 g/mol. The normalized spacial score (nSPS) is 9.62. The maximum Gasteiger partial charge on any atom is 0.338 e. The Morgan fingerprint density at radius 2 is 2.23 bits per heavy atom. The molecule has 0 saturated heterocycles. The molecule has 13 heavy (non-hydrogen) atoms. The predicted molar refractivity (Wildman–Crippen MR) is 50.2 cm³/mol. The fraction of sp³-hybridized carbons (Fsp3) is 0.250. The molecule has 70 valence electrons. The minimum Gasteiger partial charge on any atom is -0.478 e. The molecule has 0 radical (unpaired) electrons. The van der Waals surface area contributed by atoms with Crippen molar-refractivity contribution in [2.24, 2.45) is 0 Å². The van der Waals surface area contributed by atoms with Gasteiger partial charge in [-0.2, -0.15) is 0 Å². The zero-order chi connectivity index (χ0) is 9.84. The van der Waals surface area contributed by atoms with Gasteiger partial charge in [-0.05, 0) is 0 Å². The molecule has 1 heterocycles. The van der Waals surface area contributed by atoms with Crippen molar-refractivity contribution in [2.75, 3.05) is 5.32 Å². The molecule has 1 aromatic rings. The van der Waals surface area contributed by atoms with Crippen molar-refractivity contribution >= 4 is 28.9 Å². The van der Waals surface area contributed by atoms with E-state index in [0.29, 0.717) is 12.1 Å². The van der Waals surface area contributed by atoms with Gasteiger partial charge < -0.3 is 10.4 Å². The van der Waals surface area contributed by atoms with Crippen molar-refractivity contribution in [2.45, 2.75) is 13.3 Å². The van der Waals surface area contributed by atoms with Gasteiger partial charge in [0.1, 0.15) is 0 Å². The molecular formula is C8H9NO3S. The molecule has 5 heteroatoms. The Morgan fingerprint density at radius 1 is 1.54 bits per heavy atom. The number of nitrogens with one attached hydrogen (secondary N) is 1. The van der Waals surface area contributed by atoms with Crippen LogP contribution in [0.3, 0.4) is 0 Å². The lowest BCUT2D eigenvalue weighted by Gasteiger charge is -2.01. The number of hydrogen-bond acceptors (Lipinski definition) is 3. The number of carbonyl (C=O) groups is 2. The average Bonchev–Trinajstić information content (AvgIpc) is 2.52. The maximum absolute atomic E-state index is 11.0. The maximum atomic E-state index is 11.0. The fourth-order valence-electron chi connectivity index (χ4n) is 0.798. The summed E-state index contributed by atoms with van der Waals surface area (Å²) in [4.78, 5) is 21.6. The Bertz CT molecular complexity index is 332. The van der Waals surface area contributed by atoms with Crippen LogP contribution in [0.25, 0.3) is 0 Å². The number of anilines is 1. The second kappa shape index (κ2) is 4.04. The van der Waals surface area contributed by atoms with E-state index in [1.54, 1.807) is 12.3 Å². The standard InChI is InChI=1S/C8H9NO3S/c1-2-7(10)9-6-4-13-3-5(6)8(11)12/h3-4H,2H2,1H3,(H,9,10)(H,11,12). The van der Waals surface area contributed by atoms with Crippen LogP contribution in [-0.4, -0.2) is 17.0 Å². The van der Waals surface area contributed by atoms with Crippen molar-refractivity contribution in [3.05, 3.63) is 16.3 Å². The number of carboxylic acids is 1. The van der Waals surface area contributed by atoms with E-state index in [2.05, 4.69) is 5.32 Å². The van der Waals surface area contributed by atoms with Gasteiger partial charge in [-0.3, -0.25) is 4.79 Å². The molecular weight excluding hydrogens is 190 g/mol. The van der Waals surface area contributed by atoms with Gasteiger partial charge >= 0.3 is 5.97 Å². The van der Waals surface area contributed by atoms with E-state index in [4.69, 9.17) is 5.11 Å². The van der Waals surface area contributed by atoms with Gasteiger partial charge in [0.15, 0.2) is 0 Å². The van der Waals surface area contributed by atoms with E-state index in [9.17, 15) is 9.59 Å². The Balaban J connectivity index is 2.82. The summed E-state index contributed by atoms with van der Waals surface area (Å²) < 4.78 is 0. The van der Waals surface area contributed by atoms with Crippen molar-refractivity contribution < 1.29 is 14.7 Å². The molecule has 0 aliphatic heterocycles. The van der Waals surface area contributed by atoms with Gasteiger partial charge in [0, 0.05) is 17.2 Å². The number of hydrogen-bond donors (Lipinski definition) is 2. The molecule has 1 rings (SSSR count). The predicted octanol–water partition coefficient (Wildman–Crippen LogP) is 1.79. The lowest BCUT2D eigenvalue weighted by atomic mass is 10.3. The molecule has 0 aliphatic rings. The van der Waals surface area contributed by atoms with Crippen LogP contribution in [0.4, 0.5) is 5.69 Å². The summed E-state index contributed by atoms with van der Waals surface area (Å²) in [7, 11) is 0. The second-order valence-electron chi connectivity index (χ2n) is 2.41. The van der Waals surface area contributed by atoms with Crippen molar-refractivity contribution in [1.82, 2.24) is 0 Å². The summed E-state index contributed by atoms with van der Waals surface area (Å²) in [6.45, 7) is 1.71. The first-order valence-corrected chi connectivity index (χ1v) is 4.68. The van der Waals surface area contributed by atoms with Gasteiger partial charge in [0.2, 0.25) is 5.91 Å². The molecule has 0 saturated carbocycles. The molecule has 4 nitrogen and oxygen atoms in total. The molecule has 0 unspecified atom stereocenters. The summed E-state index contributed by atoms with van der Waals surface area (Å²) in [6, 6.07) is 0. The summed E-state index contributed by atoms with van der Waals surface area (Å²) in [6.07, 6.45) is 0.342. The molecule has 1 amide bonds. The van der Waals surface area contributed by atoms with Gasteiger partial charge in [-0.1, -0.05) is 6.92 Å². The first-order chi connectivity index (χ1) is 6.15. The lowest BCUT2D eigenvalue weighted by molar-refractivity contribution is -0.115. The van der Waals surface area contributed by atoms with Gasteiger partial charge in [-0.15, -0.1) is 11.3 Å². The average molecular weight is 199 g/mol. The van der Waals surface area contributed by atoms with Crippen molar-refractivity contribution in [1.29, 1.82) is 0 Å². The third-order valence-corrected chi connectivity index (χ3v) is 2.23. The number of carbonyl (C=O) groups excluding carboxylic acids is 1. The summed E-state index contributed by atoms with van der Waals surface area (Å²) >= 11 is 1.25. The number of amides is 1. The number of aromatic carboxylic acids is 1. The van der Waals surface area contributed by atoms with Crippen LogP contribution < -0.4 is 5.32 Å². The number of rotatable bonds is 3. The van der Waals surface area contributed by atoms with Crippen LogP contribution >= 0.6 is 11.3 Å². The molecule has 1 aromatic heterocycles. The second-order valence-corrected chi connectivity index (χ2v) is 3.15. The SMILES string of the molecule is CCC(=O)Nc1cscc1C(=O)O. The number of carboxylic acid groups (broad SMARTS) is 1. The molecule has 0 aliphatic carbocycles. The first kappa shape index (κ1) is 9.73. The Kier molecular flexibility index (Phi) is 3.02. The Morgan fingerprint density at radius 3 is 2.77 bits per heavy atom. The highest BCUT2D eigenvalue weighted by Gasteiger charge is 2.12. The largest absolute Gasteiger partial charge is 0.478 e. The van der Waals surface area contributed by atoms with Crippen LogP contribution in [0.5, 0.6) is 0 Å². The molecule has 0 atom stereocenters. The minimum atomic E-state index is -1.02. The highest BCUT2D eigenvalue weighted by Crippen LogP contribution is 2.20. The quantitative estimate of drug-likeness (QED) is 0.780. The Labute approximate surface area is 79.2 Å². The molecule has 0 bridgehead atoms. The van der Waals surface area contributed by atoms with E-state index in [0.717, 1.165) is 0 Å². The molecule has 0 spiro atoms. The third-order valence-electron chi connectivity index (χ3n) is 1.49. The van der Waals surface area contributed by atoms with Crippen molar-refractivity contribution in [3.8, 4) is 0 Å². The zero-order valence-electron chi connectivity index (χ0n) is 7.03. The van der Waals surface area contributed by atoms with Crippen molar-refractivity contribution in [3.63, 3.8) is 0 Å². The lowest BCUT2D eigenvalue weighted by Crippen LogP contribution is -2.11. The minimum absolute atomic E-state index is 0.145. The van der Waals surface area contributed by atoms with E-state index in [1.165, 1.54) is 16.7 Å². The highest BCUT2D eigenvalue weighted by molar-refractivity contribution is 7.08. The molecule has 0 aromatic carbocycles. The fourth-order valence-corrected chi connectivity index (χ4v) is 1.55. The topological polar surface area (TPSA) is 66.4 Å². The molecule has 2 N–H and O–H groups in total.